The van der Waals surface area contributed by atoms with Crippen LogP contribution >= 0.6 is 0 Å². The van der Waals surface area contributed by atoms with Crippen molar-refractivity contribution in [3.8, 4) is 0 Å². The number of carbonyl (C=O) groups is 1. The molecular formula is C14H24O2. The molecular weight excluding hydrogens is 200 g/mol. The van der Waals surface area contributed by atoms with E-state index in [1.807, 2.05) is 6.92 Å². The summed E-state index contributed by atoms with van der Waals surface area (Å²) in [5.41, 5.74) is 1.28. The van der Waals surface area contributed by atoms with Crippen molar-refractivity contribution in [1.82, 2.24) is 0 Å². The minimum absolute atomic E-state index is 0.0593. The van der Waals surface area contributed by atoms with E-state index in [1.165, 1.54) is 37.7 Å². The van der Waals surface area contributed by atoms with Gasteiger partial charge in [0.25, 0.3) is 0 Å². The number of ether oxygens (including phenoxy) is 1. The van der Waals surface area contributed by atoms with Gasteiger partial charge in [-0.2, -0.15) is 0 Å². The van der Waals surface area contributed by atoms with Gasteiger partial charge < -0.3 is 4.74 Å². The number of esters is 1. The molecule has 0 radical (unpaired) electrons. The Morgan fingerprint density at radius 1 is 1.31 bits per heavy atom. The van der Waals surface area contributed by atoms with Crippen LogP contribution in [0.4, 0.5) is 0 Å². The molecule has 1 fully saturated rings. The Morgan fingerprint density at radius 3 is 2.75 bits per heavy atom. The third kappa shape index (κ3) is 5.34. The fourth-order valence-corrected chi connectivity index (χ4v) is 2.14. The maximum absolute atomic E-state index is 11.2. The number of hydrogen-bond acceptors (Lipinski definition) is 2. The molecule has 1 aliphatic rings. The summed E-state index contributed by atoms with van der Waals surface area (Å²) in [5, 5.41) is 0. The second-order valence-electron chi connectivity index (χ2n) is 4.75. The van der Waals surface area contributed by atoms with Crippen molar-refractivity contribution in [2.75, 3.05) is 0 Å². The monoisotopic (exact) mass is 224 g/mol. The Kier molecular flexibility index (Phi) is 6.20. The van der Waals surface area contributed by atoms with Gasteiger partial charge >= 0.3 is 5.97 Å². The van der Waals surface area contributed by atoms with Crippen molar-refractivity contribution >= 4 is 5.97 Å². The lowest BCUT2D eigenvalue weighted by Gasteiger charge is -2.21. The highest BCUT2D eigenvalue weighted by atomic mass is 16.5. The molecule has 92 valence electrons. The highest BCUT2D eigenvalue weighted by Gasteiger charge is 2.19. The molecule has 0 aliphatic carbocycles. The first-order valence-corrected chi connectivity index (χ1v) is 6.59. The third-order valence-electron chi connectivity index (χ3n) is 2.99. The second kappa shape index (κ2) is 7.48. The Balaban J connectivity index is 2.15. The van der Waals surface area contributed by atoms with Crippen molar-refractivity contribution in [1.29, 1.82) is 0 Å². The highest BCUT2D eigenvalue weighted by molar-refractivity contribution is 5.73. The molecule has 16 heavy (non-hydrogen) atoms. The molecule has 0 bridgehead atoms. The van der Waals surface area contributed by atoms with Crippen LogP contribution in [0.15, 0.2) is 11.6 Å². The summed E-state index contributed by atoms with van der Waals surface area (Å²) in [6, 6.07) is 0. The van der Waals surface area contributed by atoms with Gasteiger partial charge in [-0.1, -0.05) is 44.3 Å². The normalized spacial score (nSPS) is 23.5. The zero-order valence-electron chi connectivity index (χ0n) is 10.6. The fraction of sp³-hybridized carbons (Fsp3) is 0.786. The van der Waals surface area contributed by atoms with Crippen molar-refractivity contribution in [2.24, 2.45) is 0 Å². The first-order valence-electron chi connectivity index (χ1n) is 6.59. The van der Waals surface area contributed by atoms with E-state index in [1.54, 1.807) is 0 Å². The van der Waals surface area contributed by atoms with Crippen molar-refractivity contribution < 1.29 is 9.53 Å². The largest absolute Gasteiger partial charge is 0.462 e. The van der Waals surface area contributed by atoms with Crippen LogP contribution in [0.2, 0.25) is 0 Å². The maximum atomic E-state index is 11.2. The van der Waals surface area contributed by atoms with Gasteiger partial charge in [-0.05, 0) is 19.8 Å². The summed E-state index contributed by atoms with van der Waals surface area (Å²) in [4.78, 5) is 11.2. The van der Waals surface area contributed by atoms with E-state index in [-0.39, 0.29) is 12.1 Å². The molecule has 2 heteroatoms. The lowest BCUT2D eigenvalue weighted by Crippen LogP contribution is -2.22. The van der Waals surface area contributed by atoms with Crippen LogP contribution in [-0.2, 0) is 9.53 Å². The van der Waals surface area contributed by atoms with E-state index in [2.05, 4.69) is 13.0 Å². The first-order chi connectivity index (χ1) is 7.72. The molecule has 0 N–H and O–H groups in total. The lowest BCUT2D eigenvalue weighted by atomic mass is 10.0. The van der Waals surface area contributed by atoms with E-state index in [4.69, 9.17) is 4.74 Å². The molecule has 1 heterocycles. The molecule has 1 atom stereocenters. The van der Waals surface area contributed by atoms with Crippen molar-refractivity contribution in [2.45, 2.75) is 71.3 Å². The standard InChI is InChI=1S/C14H24O2/c1-3-4-5-6-7-8-9-13-10-12(2)16-14(15)11-13/h9,12H,3-8,10-11H2,1-2H3/b13-9-. The summed E-state index contributed by atoms with van der Waals surface area (Å²) >= 11 is 0. The smallest absolute Gasteiger partial charge is 0.310 e. The van der Waals surface area contributed by atoms with E-state index >= 15 is 0 Å². The average molecular weight is 224 g/mol. The zero-order valence-corrected chi connectivity index (χ0v) is 10.6. The quantitative estimate of drug-likeness (QED) is 0.387. The zero-order chi connectivity index (χ0) is 11.8. The Labute approximate surface area is 99.1 Å². The summed E-state index contributed by atoms with van der Waals surface area (Å²) in [7, 11) is 0. The van der Waals surface area contributed by atoms with Crippen LogP contribution in [0, 0.1) is 0 Å². The fourth-order valence-electron chi connectivity index (χ4n) is 2.14. The van der Waals surface area contributed by atoms with Gasteiger partial charge in [0.1, 0.15) is 6.10 Å². The molecule has 1 rings (SSSR count). The Morgan fingerprint density at radius 2 is 2.06 bits per heavy atom. The van der Waals surface area contributed by atoms with Gasteiger partial charge in [-0.15, -0.1) is 0 Å². The molecule has 0 amide bonds. The number of allylic oxidation sites excluding steroid dienone is 1. The van der Waals surface area contributed by atoms with E-state index < -0.39 is 0 Å². The molecule has 1 saturated heterocycles. The lowest BCUT2D eigenvalue weighted by molar-refractivity contribution is -0.149. The second-order valence-corrected chi connectivity index (χ2v) is 4.75. The van der Waals surface area contributed by atoms with Crippen LogP contribution in [-0.4, -0.2) is 12.1 Å². The molecule has 0 aromatic carbocycles. The SMILES string of the molecule is CCCCCCC/C=C1\CC(=O)OC(C)C1. The van der Waals surface area contributed by atoms with Gasteiger partial charge in [0.15, 0.2) is 0 Å². The van der Waals surface area contributed by atoms with Gasteiger partial charge in [-0.25, -0.2) is 0 Å². The molecule has 0 aromatic heterocycles. The summed E-state index contributed by atoms with van der Waals surface area (Å²) in [6.07, 6.45) is 11.5. The van der Waals surface area contributed by atoms with Crippen LogP contribution in [0.1, 0.15) is 65.2 Å². The highest BCUT2D eigenvalue weighted by Crippen LogP contribution is 2.21. The summed E-state index contributed by atoms with van der Waals surface area (Å²) in [5.74, 6) is -0.0593. The van der Waals surface area contributed by atoms with Crippen LogP contribution in [0.25, 0.3) is 0 Å². The molecule has 0 saturated carbocycles. The van der Waals surface area contributed by atoms with Crippen molar-refractivity contribution in [3.63, 3.8) is 0 Å². The van der Waals surface area contributed by atoms with Crippen LogP contribution in [0.5, 0.6) is 0 Å². The number of hydrogen-bond donors (Lipinski definition) is 0. The molecule has 2 nitrogen and oxygen atoms in total. The van der Waals surface area contributed by atoms with E-state index in [0.29, 0.717) is 6.42 Å². The Hall–Kier alpha value is -0.790. The average Bonchev–Trinajstić information content (AvgIpc) is 2.22. The Bertz CT molecular complexity index is 243. The third-order valence-corrected chi connectivity index (χ3v) is 2.99. The van der Waals surface area contributed by atoms with Gasteiger partial charge in [0.05, 0.1) is 6.42 Å². The minimum atomic E-state index is -0.0593. The first kappa shape index (κ1) is 13.3. The van der Waals surface area contributed by atoms with Crippen molar-refractivity contribution in [3.05, 3.63) is 11.6 Å². The predicted octanol–water partition coefficient (Wildman–Crippen LogP) is 4.00. The van der Waals surface area contributed by atoms with E-state index in [9.17, 15) is 4.79 Å². The molecule has 0 aromatic rings. The van der Waals surface area contributed by atoms with E-state index in [0.717, 1.165) is 12.8 Å². The number of cyclic esters (lactones) is 1. The maximum Gasteiger partial charge on any atom is 0.310 e. The van der Waals surface area contributed by atoms with Gasteiger partial charge in [0, 0.05) is 6.42 Å². The molecule has 0 spiro atoms. The number of carbonyl (C=O) groups excluding carboxylic acids is 1. The van der Waals surface area contributed by atoms with Crippen LogP contribution in [0.3, 0.4) is 0 Å². The van der Waals surface area contributed by atoms with Gasteiger partial charge in [-0.3, -0.25) is 4.79 Å². The number of unbranched alkanes of at least 4 members (excludes halogenated alkanes) is 5. The molecule has 1 aliphatic heterocycles. The summed E-state index contributed by atoms with van der Waals surface area (Å²) in [6.45, 7) is 4.20. The predicted molar refractivity (Wildman–Crippen MR) is 66.2 cm³/mol. The molecule has 1 unspecified atom stereocenters. The topological polar surface area (TPSA) is 26.3 Å². The van der Waals surface area contributed by atoms with Crippen LogP contribution < -0.4 is 0 Å². The number of rotatable bonds is 6. The summed E-state index contributed by atoms with van der Waals surface area (Å²) < 4.78 is 5.10. The van der Waals surface area contributed by atoms with Gasteiger partial charge in [0.2, 0.25) is 0 Å². The minimum Gasteiger partial charge on any atom is -0.462 e.